The summed E-state index contributed by atoms with van der Waals surface area (Å²) in [6.45, 7) is 0. The lowest BCUT2D eigenvalue weighted by Gasteiger charge is -2.32. The molecule has 0 spiro atoms. The summed E-state index contributed by atoms with van der Waals surface area (Å²) < 4.78 is 7.03. The van der Waals surface area contributed by atoms with Crippen LogP contribution < -0.4 is 15.7 Å². The molecule has 1 aliphatic rings. The summed E-state index contributed by atoms with van der Waals surface area (Å²) in [4.78, 5) is 12.1. The van der Waals surface area contributed by atoms with Crippen molar-refractivity contribution in [3.05, 3.63) is 60.2 Å². The normalized spacial score (nSPS) is 18.2. The van der Waals surface area contributed by atoms with Crippen LogP contribution in [0.3, 0.4) is 0 Å². The first-order valence-corrected chi connectivity index (χ1v) is 6.70. The van der Waals surface area contributed by atoms with Crippen molar-refractivity contribution in [3.8, 4) is 5.75 Å². The third-order valence-corrected chi connectivity index (χ3v) is 4.37. The zero-order valence-corrected chi connectivity index (χ0v) is 10.4. The van der Waals surface area contributed by atoms with Crippen molar-refractivity contribution in [3.63, 3.8) is 0 Å². The van der Waals surface area contributed by atoms with Gasteiger partial charge >= 0.3 is 0 Å². The predicted molar refractivity (Wildman–Crippen MR) is 70.4 cm³/mol. The van der Waals surface area contributed by atoms with Gasteiger partial charge in [0, 0.05) is 5.30 Å². The molecule has 1 amide bonds. The minimum absolute atomic E-state index is 0.202. The fourth-order valence-electron chi connectivity index (χ4n) is 1.80. The summed E-state index contributed by atoms with van der Waals surface area (Å²) in [6, 6.07) is 16.7. The fraction of sp³-hybridized carbons (Fsp3) is 0. The Morgan fingerprint density at radius 3 is 2.44 bits per heavy atom. The van der Waals surface area contributed by atoms with Gasteiger partial charge in [-0.05, 0) is 24.3 Å². The first-order valence-electron chi connectivity index (χ1n) is 5.48. The van der Waals surface area contributed by atoms with Crippen molar-refractivity contribution in [1.82, 2.24) is 4.78 Å². The average molecular weight is 258 g/mol. The summed E-state index contributed by atoms with van der Waals surface area (Å²) in [5, 5.41) is 0.915. The van der Waals surface area contributed by atoms with Gasteiger partial charge < -0.3 is 4.52 Å². The molecule has 0 bridgehead atoms. The van der Waals surface area contributed by atoms with E-state index in [-0.39, 0.29) is 5.91 Å². The zero-order valence-electron chi connectivity index (χ0n) is 9.48. The molecule has 1 unspecified atom stereocenters. The summed E-state index contributed by atoms with van der Waals surface area (Å²) in [5.74, 6) is 6.25. The standard InChI is InChI=1S/C13H11N2O2P/c14-15-13(16)11-8-4-5-9-12(11)17-18(15)10-6-2-1-3-7-10/h1-9H,14H2. The highest BCUT2D eigenvalue weighted by molar-refractivity contribution is 7.59. The molecule has 0 fully saturated rings. The fourth-order valence-corrected chi connectivity index (χ4v) is 3.29. The van der Waals surface area contributed by atoms with Gasteiger partial charge in [0.15, 0.2) is 0 Å². The molecule has 0 aromatic heterocycles. The highest BCUT2D eigenvalue weighted by atomic mass is 31.2. The monoisotopic (exact) mass is 258 g/mol. The first kappa shape index (κ1) is 11.2. The quantitative estimate of drug-likeness (QED) is 0.483. The van der Waals surface area contributed by atoms with Crippen LogP contribution in [0.15, 0.2) is 54.6 Å². The summed E-state index contributed by atoms with van der Waals surface area (Å²) >= 11 is 0. The van der Waals surface area contributed by atoms with Crippen molar-refractivity contribution in [2.24, 2.45) is 5.84 Å². The van der Waals surface area contributed by atoms with Gasteiger partial charge in [0.25, 0.3) is 5.91 Å². The van der Waals surface area contributed by atoms with E-state index in [9.17, 15) is 4.79 Å². The van der Waals surface area contributed by atoms with E-state index in [1.807, 2.05) is 36.4 Å². The number of hydrogen-bond acceptors (Lipinski definition) is 3. The molecule has 0 aliphatic carbocycles. The molecule has 1 aliphatic heterocycles. The smallest absolute Gasteiger partial charge is 0.277 e. The minimum atomic E-state index is -1.29. The number of nitrogens with two attached hydrogens (primary N) is 1. The number of fused-ring (bicyclic) bond motifs is 1. The average Bonchev–Trinajstić information content (AvgIpc) is 2.44. The van der Waals surface area contributed by atoms with E-state index in [4.69, 9.17) is 10.4 Å². The summed E-state index contributed by atoms with van der Waals surface area (Å²) in [6.07, 6.45) is 0. The maximum atomic E-state index is 12.1. The third kappa shape index (κ3) is 1.76. The number of para-hydroxylation sites is 1. The summed E-state index contributed by atoms with van der Waals surface area (Å²) in [5.41, 5.74) is 0.509. The van der Waals surface area contributed by atoms with Crippen LogP contribution in [-0.2, 0) is 0 Å². The second-order valence-electron chi connectivity index (χ2n) is 3.85. The molecule has 0 saturated carbocycles. The molecule has 2 N–H and O–H groups in total. The SMILES string of the molecule is NN1C(=O)c2ccccc2OP1c1ccccc1. The number of nitrogens with zero attached hydrogens (tertiary/aromatic N) is 1. The lowest BCUT2D eigenvalue weighted by atomic mass is 10.2. The largest absolute Gasteiger partial charge is 0.447 e. The first-order chi connectivity index (χ1) is 8.77. The van der Waals surface area contributed by atoms with E-state index in [2.05, 4.69) is 0 Å². The van der Waals surface area contributed by atoms with Crippen LogP contribution in [0.1, 0.15) is 10.4 Å². The van der Waals surface area contributed by atoms with Crippen molar-refractivity contribution in [1.29, 1.82) is 0 Å². The Hall–Kier alpha value is -1.90. The number of carbonyl (C=O) groups is 1. The second kappa shape index (κ2) is 4.41. The Kier molecular flexibility index (Phi) is 2.74. The molecule has 2 aromatic carbocycles. The molecule has 0 saturated heterocycles. The Morgan fingerprint density at radius 2 is 1.67 bits per heavy atom. The van der Waals surface area contributed by atoms with Gasteiger partial charge in [-0.1, -0.05) is 30.3 Å². The highest BCUT2D eigenvalue weighted by Gasteiger charge is 2.33. The van der Waals surface area contributed by atoms with Crippen LogP contribution in [0.2, 0.25) is 0 Å². The predicted octanol–water partition coefficient (Wildman–Crippen LogP) is 2.03. The number of carbonyl (C=O) groups excluding carboxylic acids is 1. The van der Waals surface area contributed by atoms with E-state index in [0.29, 0.717) is 11.3 Å². The topological polar surface area (TPSA) is 55.6 Å². The van der Waals surface area contributed by atoms with E-state index >= 15 is 0 Å². The number of hydrazine groups is 1. The second-order valence-corrected chi connectivity index (χ2v) is 5.52. The molecule has 3 rings (SSSR count). The van der Waals surface area contributed by atoms with Gasteiger partial charge in [-0.2, -0.15) is 0 Å². The number of hydrogen-bond donors (Lipinski definition) is 1. The van der Waals surface area contributed by atoms with Gasteiger partial charge in [0.2, 0.25) is 8.30 Å². The van der Waals surface area contributed by atoms with Gasteiger partial charge in [0.05, 0.1) is 5.56 Å². The van der Waals surface area contributed by atoms with Crippen molar-refractivity contribution in [2.45, 2.75) is 0 Å². The Bertz CT molecular complexity index is 589. The molecule has 2 aromatic rings. The number of benzene rings is 2. The van der Waals surface area contributed by atoms with Crippen LogP contribution in [0.25, 0.3) is 0 Å². The van der Waals surface area contributed by atoms with E-state index in [1.165, 1.54) is 4.78 Å². The number of amides is 1. The van der Waals surface area contributed by atoms with Gasteiger partial charge in [-0.25, -0.2) is 10.6 Å². The molecule has 0 radical (unpaired) electrons. The van der Waals surface area contributed by atoms with Crippen LogP contribution >= 0.6 is 8.30 Å². The maximum Gasteiger partial charge on any atom is 0.277 e. The molecule has 90 valence electrons. The number of rotatable bonds is 1. The lowest BCUT2D eigenvalue weighted by Crippen LogP contribution is -2.40. The van der Waals surface area contributed by atoms with Crippen LogP contribution in [0.5, 0.6) is 5.75 Å². The minimum Gasteiger partial charge on any atom is -0.447 e. The summed E-state index contributed by atoms with van der Waals surface area (Å²) in [7, 11) is -1.29. The highest BCUT2D eigenvalue weighted by Crippen LogP contribution is 2.45. The van der Waals surface area contributed by atoms with Crippen LogP contribution in [0, 0.1) is 0 Å². The third-order valence-electron chi connectivity index (χ3n) is 2.68. The van der Waals surface area contributed by atoms with Crippen molar-refractivity contribution in [2.75, 3.05) is 0 Å². The van der Waals surface area contributed by atoms with Gasteiger partial charge in [-0.3, -0.25) is 4.79 Å². The zero-order chi connectivity index (χ0) is 12.5. The Balaban J connectivity index is 2.04. The Labute approximate surface area is 106 Å². The van der Waals surface area contributed by atoms with Crippen LogP contribution in [-0.4, -0.2) is 10.7 Å². The Morgan fingerprint density at radius 1 is 1.00 bits per heavy atom. The molecule has 5 heteroatoms. The van der Waals surface area contributed by atoms with Crippen LogP contribution in [0.4, 0.5) is 0 Å². The molecule has 18 heavy (non-hydrogen) atoms. The van der Waals surface area contributed by atoms with E-state index in [1.54, 1.807) is 18.2 Å². The van der Waals surface area contributed by atoms with E-state index in [0.717, 1.165) is 5.30 Å². The van der Waals surface area contributed by atoms with Gasteiger partial charge in [0.1, 0.15) is 5.75 Å². The van der Waals surface area contributed by atoms with Crippen molar-refractivity contribution < 1.29 is 9.32 Å². The van der Waals surface area contributed by atoms with Crippen molar-refractivity contribution >= 4 is 19.5 Å². The maximum absolute atomic E-state index is 12.1. The van der Waals surface area contributed by atoms with Gasteiger partial charge in [-0.15, -0.1) is 0 Å². The van der Waals surface area contributed by atoms with E-state index < -0.39 is 8.30 Å². The molecule has 1 atom stereocenters. The molecular formula is C13H11N2O2P. The molecular weight excluding hydrogens is 247 g/mol. The lowest BCUT2D eigenvalue weighted by molar-refractivity contribution is 0.0847. The molecule has 4 nitrogen and oxygen atoms in total. The molecule has 1 heterocycles.